The molecule has 3 atom stereocenters. The van der Waals surface area contributed by atoms with Gasteiger partial charge in [0, 0.05) is 6.61 Å². The van der Waals surface area contributed by atoms with Crippen molar-refractivity contribution in [3.8, 4) is 0 Å². The minimum absolute atomic E-state index is 0.250. The molecule has 2 rings (SSSR count). The third-order valence-corrected chi connectivity index (χ3v) is 4.25. The number of fused-ring (bicyclic) bond motifs is 2. The molecule has 2 N–H and O–H groups in total. The van der Waals surface area contributed by atoms with Gasteiger partial charge in [-0.15, -0.1) is 0 Å². The first-order valence-corrected chi connectivity index (χ1v) is 5.26. The second kappa shape index (κ2) is 4.30. The van der Waals surface area contributed by atoms with E-state index in [0.29, 0.717) is 17.9 Å². The first-order chi connectivity index (χ1) is 6.57. The Hall–Kier alpha value is -0.570. The monoisotopic (exact) mass is 200 g/mol. The van der Waals surface area contributed by atoms with Gasteiger partial charge < -0.3 is 10.2 Å². The molecule has 0 aromatic heterocycles. The van der Waals surface area contributed by atoms with Crippen LogP contribution in [0.1, 0.15) is 33.1 Å². The molecule has 0 amide bonds. The van der Waals surface area contributed by atoms with Gasteiger partial charge in [-0.1, -0.05) is 13.8 Å². The average molecular weight is 200 g/mol. The molecule has 3 unspecified atom stereocenters. The highest BCUT2D eigenvalue weighted by molar-refractivity contribution is 5.32. The lowest BCUT2D eigenvalue weighted by Crippen LogP contribution is -2.32. The van der Waals surface area contributed by atoms with Crippen LogP contribution in [-0.4, -0.2) is 23.3 Å². The summed E-state index contributed by atoms with van der Waals surface area (Å²) >= 11 is 0. The molecule has 2 bridgehead atoms. The maximum atomic E-state index is 9.22. The van der Waals surface area contributed by atoms with Crippen molar-refractivity contribution >= 4 is 6.47 Å². The van der Waals surface area contributed by atoms with Gasteiger partial charge in [0.15, 0.2) is 0 Å². The van der Waals surface area contributed by atoms with E-state index in [1.807, 2.05) is 0 Å². The van der Waals surface area contributed by atoms with Crippen molar-refractivity contribution in [2.24, 2.45) is 23.2 Å². The summed E-state index contributed by atoms with van der Waals surface area (Å²) in [5.74, 6) is 2.35. The van der Waals surface area contributed by atoms with Crippen molar-refractivity contribution in [3.63, 3.8) is 0 Å². The van der Waals surface area contributed by atoms with Gasteiger partial charge in [0.1, 0.15) is 0 Å². The van der Waals surface area contributed by atoms with Crippen molar-refractivity contribution in [2.75, 3.05) is 6.61 Å². The highest BCUT2D eigenvalue weighted by Gasteiger charge is 2.51. The maximum Gasteiger partial charge on any atom is 0.290 e. The zero-order chi connectivity index (χ0) is 10.8. The Morgan fingerprint density at radius 1 is 1.43 bits per heavy atom. The van der Waals surface area contributed by atoms with Crippen molar-refractivity contribution in [1.29, 1.82) is 0 Å². The standard InChI is InChI=1S/C10H18O.CH2O2/c1-10(2)8-4-3-7(5-8)9(10)6-11;2-1-3/h7-9,11H,3-6H2,1-2H3;1H,(H,2,3). The average Bonchev–Trinajstić information content (AvgIpc) is 2.62. The van der Waals surface area contributed by atoms with Crippen molar-refractivity contribution in [3.05, 3.63) is 0 Å². The van der Waals surface area contributed by atoms with Gasteiger partial charge in [-0.25, -0.2) is 0 Å². The molecule has 0 radical (unpaired) electrons. The molecule has 0 aromatic carbocycles. The van der Waals surface area contributed by atoms with Crippen LogP contribution in [0.4, 0.5) is 0 Å². The Balaban J connectivity index is 0.000000293. The van der Waals surface area contributed by atoms with Crippen molar-refractivity contribution < 1.29 is 15.0 Å². The molecule has 2 fully saturated rings. The molecule has 0 aliphatic heterocycles. The van der Waals surface area contributed by atoms with E-state index in [2.05, 4.69) is 13.8 Å². The van der Waals surface area contributed by atoms with Crippen LogP contribution in [0.5, 0.6) is 0 Å². The fraction of sp³-hybridized carbons (Fsp3) is 0.909. The quantitative estimate of drug-likeness (QED) is 0.634. The molecule has 0 heterocycles. The van der Waals surface area contributed by atoms with Gasteiger partial charge in [0.2, 0.25) is 0 Å². The Morgan fingerprint density at radius 3 is 2.29 bits per heavy atom. The zero-order valence-electron chi connectivity index (χ0n) is 8.94. The zero-order valence-corrected chi connectivity index (χ0v) is 8.94. The predicted molar refractivity (Wildman–Crippen MR) is 53.9 cm³/mol. The van der Waals surface area contributed by atoms with Crippen LogP contribution < -0.4 is 0 Å². The van der Waals surface area contributed by atoms with Crippen LogP contribution in [0.3, 0.4) is 0 Å². The minimum atomic E-state index is -0.250. The number of aliphatic hydroxyl groups is 1. The van der Waals surface area contributed by atoms with E-state index in [4.69, 9.17) is 9.90 Å². The van der Waals surface area contributed by atoms with Crippen molar-refractivity contribution in [2.45, 2.75) is 33.1 Å². The molecule has 2 saturated carbocycles. The Bertz CT molecular complexity index is 201. The van der Waals surface area contributed by atoms with E-state index < -0.39 is 0 Å². The summed E-state index contributed by atoms with van der Waals surface area (Å²) in [5, 5.41) is 16.1. The fourth-order valence-electron chi connectivity index (χ4n) is 3.35. The molecule has 82 valence electrons. The predicted octanol–water partition coefficient (Wildman–Crippen LogP) is 1.75. The number of hydrogen-bond acceptors (Lipinski definition) is 2. The van der Waals surface area contributed by atoms with Gasteiger partial charge in [-0.3, -0.25) is 4.79 Å². The molecular formula is C11H20O3. The summed E-state index contributed by atoms with van der Waals surface area (Å²) in [6, 6.07) is 0. The van der Waals surface area contributed by atoms with Gasteiger partial charge in [0.25, 0.3) is 6.47 Å². The summed E-state index contributed by atoms with van der Waals surface area (Å²) in [7, 11) is 0. The Kier molecular flexibility index (Phi) is 3.53. The smallest absolute Gasteiger partial charge is 0.290 e. The molecular weight excluding hydrogens is 180 g/mol. The summed E-state index contributed by atoms with van der Waals surface area (Å²) in [5.41, 5.74) is 0.428. The molecule has 2 aliphatic rings. The number of carboxylic acid groups (broad SMARTS) is 1. The van der Waals surface area contributed by atoms with E-state index in [1.54, 1.807) is 0 Å². The third-order valence-electron chi connectivity index (χ3n) is 4.25. The molecule has 14 heavy (non-hydrogen) atoms. The minimum Gasteiger partial charge on any atom is -0.483 e. The van der Waals surface area contributed by atoms with E-state index in [0.717, 1.165) is 11.8 Å². The van der Waals surface area contributed by atoms with Crippen LogP contribution in [0, 0.1) is 23.2 Å². The number of rotatable bonds is 1. The second-order valence-corrected chi connectivity index (χ2v) is 4.99. The number of carbonyl (C=O) groups is 1. The SMILES string of the molecule is CC1(C)C2CCC(C2)C1CO.O=CO. The molecule has 0 saturated heterocycles. The van der Waals surface area contributed by atoms with E-state index in [9.17, 15) is 5.11 Å². The summed E-state index contributed by atoms with van der Waals surface area (Å²) in [4.78, 5) is 8.36. The second-order valence-electron chi connectivity index (χ2n) is 4.99. The van der Waals surface area contributed by atoms with Gasteiger partial charge in [-0.05, 0) is 42.4 Å². The van der Waals surface area contributed by atoms with Crippen LogP contribution in [0.25, 0.3) is 0 Å². The highest BCUT2D eigenvalue weighted by atomic mass is 16.3. The largest absolute Gasteiger partial charge is 0.483 e. The third kappa shape index (κ3) is 1.78. The van der Waals surface area contributed by atoms with Gasteiger partial charge in [0.05, 0.1) is 0 Å². The van der Waals surface area contributed by atoms with E-state index >= 15 is 0 Å². The lowest BCUT2D eigenvalue weighted by atomic mass is 9.69. The normalized spacial score (nSPS) is 37.5. The lowest BCUT2D eigenvalue weighted by Gasteiger charge is -2.37. The number of hydrogen-bond donors (Lipinski definition) is 2. The molecule has 0 spiro atoms. The number of aliphatic hydroxyl groups excluding tert-OH is 1. The summed E-state index contributed by atoms with van der Waals surface area (Å²) in [6.45, 7) is 4.82. The summed E-state index contributed by atoms with van der Waals surface area (Å²) in [6.07, 6.45) is 4.17. The Labute approximate surface area is 85.1 Å². The Morgan fingerprint density at radius 2 is 2.00 bits per heavy atom. The molecule has 3 nitrogen and oxygen atoms in total. The lowest BCUT2D eigenvalue weighted by molar-refractivity contribution is -0.122. The van der Waals surface area contributed by atoms with E-state index in [-0.39, 0.29) is 6.47 Å². The van der Waals surface area contributed by atoms with Crippen LogP contribution >= 0.6 is 0 Å². The van der Waals surface area contributed by atoms with Crippen LogP contribution in [0.15, 0.2) is 0 Å². The fourth-order valence-corrected chi connectivity index (χ4v) is 3.35. The van der Waals surface area contributed by atoms with Crippen LogP contribution in [0.2, 0.25) is 0 Å². The van der Waals surface area contributed by atoms with Gasteiger partial charge in [-0.2, -0.15) is 0 Å². The highest BCUT2D eigenvalue weighted by Crippen LogP contribution is 2.58. The molecule has 3 heteroatoms. The summed E-state index contributed by atoms with van der Waals surface area (Å²) < 4.78 is 0. The van der Waals surface area contributed by atoms with E-state index in [1.165, 1.54) is 19.3 Å². The van der Waals surface area contributed by atoms with Crippen molar-refractivity contribution in [1.82, 2.24) is 0 Å². The maximum absolute atomic E-state index is 9.22. The van der Waals surface area contributed by atoms with Crippen LogP contribution in [-0.2, 0) is 4.79 Å². The first-order valence-electron chi connectivity index (χ1n) is 5.26. The molecule has 2 aliphatic carbocycles. The topological polar surface area (TPSA) is 57.5 Å². The van der Waals surface area contributed by atoms with Gasteiger partial charge >= 0.3 is 0 Å². The first kappa shape index (κ1) is 11.5. The molecule has 0 aromatic rings.